The Morgan fingerprint density at radius 1 is 1.15 bits per heavy atom. The Morgan fingerprint density at radius 3 is 2.74 bits per heavy atom. The molecule has 1 aromatic heterocycles. The monoisotopic (exact) mass is 368 g/mol. The third kappa shape index (κ3) is 6.47. The predicted molar refractivity (Wildman–Crippen MR) is 107 cm³/mol. The van der Waals surface area contributed by atoms with Crippen molar-refractivity contribution >= 4 is 5.96 Å². The van der Waals surface area contributed by atoms with Crippen LogP contribution in [0.1, 0.15) is 31.2 Å². The Morgan fingerprint density at radius 2 is 1.96 bits per heavy atom. The van der Waals surface area contributed by atoms with E-state index < -0.39 is 0 Å². The van der Waals surface area contributed by atoms with Gasteiger partial charge in [0, 0.05) is 25.9 Å². The van der Waals surface area contributed by atoms with Crippen LogP contribution < -0.4 is 20.1 Å². The number of hydrogen-bond acceptors (Lipinski definition) is 4. The number of ether oxygens (including phenoxy) is 2. The van der Waals surface area contributed by atoms with E-state index in [0.717, 1.165) is 30.1 Å². The van der Waals surface area contributed by atoms with E-state index in [1.54, 1.807) is 13.2 Å². The molecule has 144 valence electrons. The molecule has 6 heteroatoms. The minimum Gasteiger partial charge on any atom is -0.492 e. The van der Waals surface area contributed by atoms with Gasteiger partial charge in [-0.15, -0.1) is 0 Å². The summed E-state index contributed by atoms with van der Waals surface area (Å²) in [5, 5.41) is 6.56. The minimum atomic E-state index is 0.319. The van der Waals surface area contributed by atoms with Crippen molar-refractivity contribution in [3.05, 3.63) is 54.2 Å². The molecule has 0 atom stereocenters. The standard InChI is InChI=1S/C21H28N4O2/c1-22-21(24-13-14-26-18-7-3-2-4-8-18)25-16-17-11-12-23-20(15-17)27-19-9-5-6-10-19/h2-4,7-8,11-12,15,19H,5-6,9-10,13-14,16H2,1H3,(H2,22,24,25). The van der Waals surface area contributed by atoms with Crippen molar-refractivity contribution < 1.29 is 9.47 Å². The van der Waals surface area contributed by atoms with Gasteiger partial charge in [-0.25, -0.2) is 4.98 Å². The molecule has 1 aliphatic rings. The number of aromatic nitrogens is 1. The molecule has 0 aliphatic heterocycles. The molecule has 2 N–H and O–H groups in total. The number of nitrogens with one attached hydrogen (secondary N) is 2. The van der Waals surface area contributed by atoms with Crippen molar-refractivity contribution in [3.63, 3.8) is 0 Å². The van der Waals surface area contributed by atoms with Gasteiger partial charge in [-0.3, -0.25) is 4.99 Å². The number of benzene rings is 1. The number of aliphatic imine (C=N–C) groups is 1. The van der Waals surface area contributed by atoms with Crippen molar-refractivity contribution in [2.45, 2.75) is 38.3 Å². The maximum Gasteiger partial charge on any atom is 0.213 e. The number of guanidine groups is 1. The summed E-state index contributed by atoms with van der Waals surface area (Å²) in [4.78, 5) is 8.57. The van der Waals surface area contributed by atoms with Gasteiger partial charge in [-0.05, 0) is 49.4 Å². The Balaban J connectivity index is 1.39. The molecule has 0 spiro atoms. The second-order valence-electron chi connectivity index (χ2n) is 6.54. The number of hydrogen-bond donors (Lipinski definition) is 2. The molecule has 0 bridgehead atoms. The second kappa shape index (κ2) is 10.4. The van der Waals surface area contributed by atoms with Crippen molar-refractivity contribution in [1.82, 2.24) is 15.6 Å². The van der Waals surface area contributed by atoms with Gasteiger partial charge in [-0.1, -0.05) is 18.2 Å². The van der Waals surface area contributed by atoms with Gasteiger partial charge in [0.05, 0.1) is 6.54 Å². The van der Waals surface area contributed by atoms with Crippen LogP contribution in [0.4, 0.5) is 0 Å². The zero-order chi connectivity index (χ0) is 18.7. The molecule has 1 aromatic carbocycles. The quantitative estimate of drug-likeness (QED) is 0.426. The SMILES string of the molecule is CN=C(NCCOc1ccccc1)NCc1ccnc(OC2CCCC2)c1. The fourth-order valence-electron chi connectivity index (χ4n) is 3.06. The van der Waals surface area contributed by atoms with Crippen LogP contribution in [-0.2, 0) is 6.54 Å². The van der Waals surface area contributed by atoms with E-state index >= 15 is 0 Å². The maximum atomic E-state index is 5.97. The summed E-state index contributed by atoms with van der Waals surface area (Å²) in [5.41, 5.74) is 1.11. The summed E-state index contributed by atoms with van der Waals surface area (Å²) in [6.07, 6.45) is 6.88. The van der Waals surface area contributed by atoms with Crippen LogP contribution in [0.5, 0.6) is 11.6 Å². The average Bonchev–Trinajstić information content (AvgIpc) is 3.21. The highest BCUT2D eigenvalue weighted by atomic mass is 16.5. The van der Waals surface area contributed by atoms with E-state index in [2.05, 4.69) is 20.6 Å². The first-order valence-electron chi connectivity index (χ1n) is 9.57. The third-order valence-electron chi connectivity index (χ3n) is 4.48. The van der Waals surface area contributed by atoms with Gasteiger partial charge in [0.25, 0.3) is 0 Å². The summed E-state index contributed by atoms with van der Waals surface area (Å²) >= 11 is 0. The molecule has 2 aromatic rings. The molecular formula is C21H28N4O2. The van der Waals surface area contributed by atoms with Crippen LogP contribution in [0.2, 0.25) is 0 Å². The van der Waals surface area contributed by atoms with Crippen molar-refractivity contribution in [2.24, 2.45) is 4.99 Å². The van der Waals surface area contributed by atoms with E-state index in [1.807, 2.05) is 42.5 Å². The third-order valence-corrected chi connectivity index (χ3v) is 4.48. The summed E-state index contributed by atoms with van der Waals surface area (Å²) in [6.45, 7) is 1.89. The van der Waals surface area contributed by atoms with Crippen LogP contribution >= 0.6 is 0 Å². The summed E-state index contributed by atoms with van der Waals surface area (Å²) in [7, 11) is 1.76. The lowest BCUT2D eigenvalue weighted by Gasteiger charge is -2.14. The van der Waals surface area contributed by atoms with Crippen LogP contribution in [0, 0.1) is 0 Å². The number of nitrogens with zero attached hydrogens (tertiary/aromatic N) is 2. The van der Waals surface area contributed by atoms with Gasteiger partial charge in [0.2, 0.25) is 5.88 Å². The first kappa shape index (κ1) is 19.0. The highest BCUT2D eigenvalue weighted by Crippen LogP contribution is 2.23. The molecule has 0 unspecified atom stereocenters. The fourth-order valence-corrected chi connectivity index (χ4v) is 3.06. The normalized spacial score (nSPS) is 14.8. The lowest BCUT2D eigenvalue weighted by Crippen LogP contribution is -2.38. The maximum absolute atomic E-state index is 5.97. The van der Waals surface area contributed by atoms with Crippen molar-refractivity contribution in [1.29, 1.82) is 0 Å². The molecule has 27 heavy (non-hydrogen) atoms. The average molecular weight is 368 g/mol. The molecule has 3 rings (SSSR count). The highest BCUT2D eigenvalue weighted by Gasteiger charge is 2.17. The lowest BCUT2D eigenvalue weighted by molar-refractivity contribution is 0.201. The van der Waals surface area contributed by atoms with E-state index in [-0.39, 0.29) is 0 Å². The largest absolute Gasteiger partial charge is 0.492 e. The van der Waals surface area contributed by atoms with Crippen LogP contribution in [-0.4, -0.2) is 37.2 Å². The fraction of sp³-hybridized carbons (Fsp3) is 0.429. The zero-order valence-electron chi connectivity index (χ0n) is 15.9. The van der Waals surface area contributed by atoms with Gasteiger partial charge >= 0.3 is 0 Å². The molecular weight excluding hydrogens is 340 g/mol. The van der Waals surface area contributed by atoms with E-state index in [9.17, 15) is 0 Å². The Hall–Kier alpha value is -2.76. The molecule has 0 saturated heterocycles. The van der Waals surface area contributed by atoms with Crippen molar-refractivity contribution in [3.8, 4) is 11.6 Å². The van der Waals surface area contributed by atoms with Gasteiger partial charge in [-0.2, -0.15) is 0 Å². The van der Waals surface area contributed by atoms with Crippen LogP contribution in [0.3, 0.4) is 0 Å². The minimum absolute atomic E-state index is 0.319. The van der Waals surface area contributed by atoms with Gasteiger partial charge in [0.1, 0.15) is 18.5 Å². The van der Waals surface area contributed by atoms with E-state index in [0.29, 0.717) is 31.7 Å². The number of pyridine rings is 1. The molecule has 1 aliphatic carbocycles. The van der Waals surface area contributed by atoms with E-state index in [1.165, 1.54) is 12.8 Å². The Labute approximate surface area is 161 Å². The second-order valence-corrected chi connectivity index (χ2v) is 6.54. The number of para-hydroxylation sites is 1. The predicted octanol–water partition coefficient (Wildman–Crippen LogP) is 3.15. The van der Waals surface area contributed by atoms with Gasteiger partial charge in [0.15, 0.2) is 5.96 Å². The topological polar surface area (TPSA) is 67.8 Å². The van der Waals surface area contributed by atoms with Crippen LogP contribution in [0.15, 0.2) is 53.7 Å². The Bertz CT molecular complexity index is 715. The molecule has 0 amide bonds. The van der Waals surface area contributed by atoms with Crippen molar-refractivity contribution in [2.75, 3.05) is 20.2 Å². The summed E-state index contributed by atoms with van der Waals surface area (Å²) < 4.78 is 11.6. The molecule has 1 fully saturated rings. The molecule has 1 saturated carbocycles. The van der Waals surface area contributed by atoms with Gasteiger partial charge < -0.3 is 20.1 Å². The van der Waals surface area contributed by atoms with E-state index in [4.69, 9.17) is 9.47 Å². The highest BCUT2D eigenvalue weighted by molar-refractivity contribution is 5.79. The zero-order valence-corrected chi connectivity index (χ0v) is 15.9. The summed E-state index contributed by atoms with van der Waals surface area (Å²) in [5.74, 6) is 2.32. The smallest absolute Gasteiger partial charge is 0.213 e. The first-order chi connectivity index (χ1) is 13.3. The first-order valence-corrected chi connectivity index (χ1v) is 9.57. The molecule has 1 heterocycles. The Kier molecular flexibility index (Phi) is 7.33. The summed E-state index contributed by atoms with van der Waals surface area (Å²) in [6, 6.07) is 13.8. The van der Waals surface area contributed by atoms with Crippen LogP contribution in [0.25, 0.3) is 0 Å². The molecule has 0 radical (unpaired) electrons. The number of rotatable bonds is 8. The lowest BCUT2D eigenvalue weighted by atomic mass is 10.2. The molecule has 6 nitrogen and oxygen atoms in total.